The fraction of sp³-hybridized carbons (Fsp3) is 0.238. The Kier molecular flexibility index (Phi) is 5.76. The third-order valence-corrected chi connectivity index (χ3v) is 4.28. The normalized spacial score (nSPS) is 11.8. The average Bonchev–Trinajstić information content (AvgIpc) is 3.08. The molecule has 0 spiro atoms. The number of nitrogens with zero attached hydrogens (tertiary/aromatic N) is 1. The van der Waals surface area contributed by atoms with Gasteiger partial charge in [0.2, 0.25) is 0 Å². The molecule has 0 aliphatic rings. The second kappa shape index (κ2) is 8.40. The van der Waals surface area contributed by atoms with Crippen LogP contribution < -0.4 is 15.6 Å². The first-order valence-corrected chi connectivity index (χ1v) is 8.92. The molecule has 1 aromatic heterocycles. The van der Waals surface area contributed by atoms with Gasteiger partial charge in [0.1, 0.15) is 12.3 Å². The summed E-state index contributed by atoms with van der Waals surface area (Å²) in [5, 5.41) is 1.06. The molecular formula is C21H23N3O3. The molecule has 0 radical (unpaired) electrons. The van der Waals surface area contributed by atoms with E-state index in [1.165, 1.54) is 0 Å². The van der Waals surface area contributed by atoms with Crippen LogP contribution in [0.3, 0.4) is 0 Å². The van der Waals surface area contributed by atoms with Crippen molar-refractivity contribution in [2.45, 2.75) is 32.9 Å². The number of hydrogen-bond acceptors (Lipinski definition) is 3. The molecule has 0 bridgehead atoms. The van der Waals surface area contributed by atoms with E-state index < -0.39 is 6.10 Å². The third kappa shape index (κ3) is 4.67. The standard InChI is InChI=1S/C21H23N3O3/c1-3-19(27-17-10-8-15(2)9-11-17)21(26)23-22-20(25)14-24-13-12-16-6-4-5-7-18(16)24/h4-13,19H,3,14H2,1-2H3,(H,22,25)(H,23,26). The van der Waals surface area contributed by atoms with Gasteiger partial charge in [-0.15, -0.1) is 0 Å². The molecule has 6 nitrogen and oxygen atoms in total. The molecule has 2 aromatic carbocycles. The smallest absolute Gasteiger partial charge is 0.279 e. The summed E-state index contributed by atoms with van der Waals surface area (Å²) in [7, 11) is 0. The summed E-state index contributed by atoms with van der Waals surface area (Å²) in [6.45, 7) is 3.95. The minimum Gasteiger partial charge on any atom is -0.481 e. The zero-order valence-corrected chi connectivity index (χ0v) is 15.4. The Morgan fingerprint density at radius 2 is 1.78 bits per heavy atom. The van der Waals surface area contributed by atoms with E-state index >= 15 is 0 Å². The van der Waals surface area contributed by atoms with Crippen molar-refractivity contribution in [3.05, 3.63) is 66.4 Å². The van der Waals surface area contributed by atoms with Crippen LogP contribution in [0.4, 0.5) is 0 Å². The molecule has 0 saturated heterocycles. The maximum Gasteiger partial charge on any atom is 0.279 e. The summed E-state index contributed by atoms with van der Waals surface area (Å²) in [5.41, 5.74) is 6.99. The molecule has 0 saturated carbocycles. The number of nitrogens with one attached hydrogen (secondary N) is 2. The van der Waals surface area contributed by atoms with Gasteiger partial charge in [-0.1, -0.05) is 42.8 Å². The van der Waals surface area contributed by atoms with Gasteiger partial charge in [0.25, 0.3) is 11.8 Å². The van der Waals surface area contributed by atoms with Crippen molar-refractivity contribution >= 4 is 22.7 Å². The largest absolute Gasteiger partial charge is 0.481 e. The van der Waals surface area contributed by atoms with Crippen molar-refractivity contribution in [2.75, 3.05) is 0 Å². The number of ether oxygens (including phenoxy) is 1. The highest BCUT2D eigenvalue weighted by Gasteiger charge is 2.19. The van der Waals surface area contributed by atoms with Gasteiger partial charge < -0.3 is 9.30 Å². The Hall–Kier alpha value is -3.28. The Labute approximate surface area is 158 Å². The third-order valence-electron chi connectivity index (χ3n) is 4.28. The first-order valence-electron chi connectivity index (χ1n) is 8.92. The summed E-state index contributed by atoms with van der Waals surface area (Å²) < 4.78 is 7.54. The van der Waals surface area contributed by atoms with E-state index in [2.05, 4.69) is 10.9 Å². The van der Waals surface area contributed by atoms with Crippen molar-refractivity contribution in [2.24, 2.45) is 0 Å². The van der Waals surface area contributed by atoms with Crippen LogP contribution in [-0.4, -0.2) is 22.5 Å². The Morgan fingerprint density at radius 1 is 1.04 bits per heavy atom. The Balaban J connectivity index is 1.53. The minimum atomic E-state index is -0.680. The molecule has 0 aliphatic heterocycles. The van der Waals surface area contributed by atoms with Crippen LogP contribution in [0.25, 0.3) is 10.9 Å². The predicted molar refractivity (Wildman–Crippen MR) is 104 cm³/mol. The summed E-state index contributed by atoms with van der Waals surface area (Å²) in [6, 6.07) is 17.2. The Bertz CT molecular complexity index is 931. The molecule has 1 atom stereocenters. The number of hydrogen-bond donors (Lipinski definition) is 2. The average molecular weight is 365 g/mol. The lowest BCUT2D eigenvalue weighted by Crippen LogP contribution is -2.48. The lowest BCUT2D eigenvalue weighted by Gasteiger charge is -2.17. The molecule has 0 aliphatic carbocycles. The summed E-state index contributed by atoms with van der Waals surface area (Å²) in [5.74, 6) is -0.0774. The van der Waals surface area contributed by atoms with Crippen LogP contribution in [0.5, 0.6) is 5.75 Å². The molecular weight excluding hydrogens is 342 g/mol. The number of aryl methyl sites for hydroxylation is 1. The zero-order valence-electron chi connectivity index (χ0n) is 15.4. The number of hydrazine groups is 1. The molecule has 1 unspecified atom stereocenters. The molecule has 2 N–H and O–H groups in total. The number of amides is 2. The van der Waals surface area contributed by atoms with E-state index in [0.29, 0.717) is 12.2 Å². The molecule has 3 aromatic rings. The number of carbonyl (C=O) groups excluding carboxylic acids is 2. The van der Waals surface area contributed by atoms with Crippen LogP contribution in [0, 0.1) is 6.92 Å². The van der Waals surface area contributed by atoms with Crippen LogP contribution in [0.15, 0.2) is 60.8 Å². The van der Waals surface area contributed by atoms with Gasteiger partial charge >= 0.3 is 0 Å². The molecule has 2 amide bonds. The van der Waals surface area contributed by atoms with Gasteiger partial charge in [-0.05, 0) is 43.0 Å². The van der Waals surface area contributed by atoms with Gasteiger partial charge in [-0.2, -0.15) is 0 Å². The first kappa shape index (κ1) is 18.5. The summed E-state index contributed by atoms with van der Waals surface area (Å²) in [4.78, 5) is 24.5. The number of rotatable bonds is 6. The highest BCUT2D eigenvalue weighted by atomic mass is 16.5. The number of aromatic nitrogens is 1. The van der Waals surface area contributed by atoms with E-state index in [0.717, 1.165) is 16.5 Å². The van der Waals surface area contributed by atoms with Gasteiger partial charge in [0.15, 0.2) is 6.10 Å². The monoisotopic (exact) mass is 365 g/mol. The molecule has 3 rings (SSSR count). The van der Waals surface area contributed by atoms with E-state index in [1.807, 2.05) is 79.2 Å². The highest BCUT2D eigenvalue weighted by Crippen LogP contribution is 2.15. The van der Waals surface area contributed by atoms with E-state index in [9.17, 15) is 9.59 Å². The van der Waals surface area contributed by atoms with Crippen molar-refractivity contribution in [1.82, 2.24) is 15.4 Å². The van der Waals surface area contributed by atoms with E-state index in [4.69, 9.17) is 4.74 Å². The predicted octanol–water partition coefficient (Wildman–Crippen LogP) is 2.95. The van der Waals surface area contributed by atoms with Crippen LogP contribution >= 0.6 is 0 Å². The van der Waals surface area contributed by atoms with Gasteiger partial charge in [-0.25, -0.2) is 0 Å². The number of fused-ring (bicyclic) bond motifs is 1. The molecule has 27 heavy (non-hydrogen) atoms. The lowest BCUT2D eigenvalue weighted by atomic mass is 10.2. The first-order chi connectivity index (χ1) is 13.1. The maximum absolute atomic E-state index is 12.3. The zero-order chi connectivity index (χ0) is 19.2. The van der Waals surface area contributed by atoms with Crippen molar-refractivity contribution in [1.29, 1.82) is 0 Å². The summed E-state index contributed by atoms with van der Waals surface area (Å²) in [6.07, 6.45) is 1.65. The Morgan fingerprint density at radius 3 is 2.52 bits per heavy atom. The maximum atomic E-state index is 12.3. The van der Waals surface area contributed by atoms with Gasteiger partial charge in [-0.3, -0.25) is 20.4 Å². The lowest BCUT2D eigenvalue weighted by molar-refractivity contribution is -0.133. The molecule has 140 valence electrons. The molecule has 1 heterocycles. The summed E-state index contributed by atoms with van der Waals surface area (Å²) >= 11 is 0. The molecule has 6 heteroatoms. The molecule has 0 fully saturated rings. The van der Waals surface area contributed by atoms with Gasteiger partial charge in [0.05, 0.1) is 0 Å². The fourth-order valence-electron chi connectivity index (χ4n) is 2.79. The van der Waals surface area contributed by atoms with Crippen molar-refractivity contribution in [3.8, 4) is 5.75 Å². The van der Waals surface area contributed by atoms with Crippen LogP contribution in [-0.2, 0) is 16.1 Å². The minimum absolute atomic E-state index is 0.114. The van der Waals surface area contributed by atoms with E-state index in [1.54, 1.807) is 0 Å². The van der Waals surface area contributed by atoms with E-state index in [-0.39, 0.29) is 18.4 Å². The van der Waals surface area contributed by atoms with Crippen molar-refractivity contribution < 1.29 is 14.3 Å². The topological polar surface area (TPSA) is 72.4 Å². The van der Waals surface area contributed by atoms with Crippen LogP contribution in [0.1, 0.15) is 18.9 Å². The second-order valence-corrected chi connectivity index (χ2v) is 6.37. The number of carbonyl (C=O) groups is 2. The second-order valence-electron chi connectivity index (χ2n) is 6.37. The SMILES string of the molecule is CCC(Oc1ccc(C)cc1)C(=O)NNC(=O)Cn1ccc2ccccc21. The number of benzene rings is 2. The highest BCUT2D eigenvalue weighted by molar-refractivity contribution is 5.86. The number of para-hydroxylation sites is 1. The quantitative estimate of drug-likeness (QED) is 0.660. The fourth-order valence-corrected chi connectivity index (χ4v) is 2.79. The van der Waals surface area contributed by atoms with Crippen molar-refractivity contribution in [3.63, 3.8) is 0 Å². The van der Waals surface area contributed by atoms with Crippen LogP contribution in [0.2, 0.25) is 0 Å². The van der Waals surface area contributed by atoms with Gasteiger partial charge in [0, 0.05) is 11.7 Å².